The van der Waals surface area contributed by atoms with Crippen LogP contribution in [0.5, 0.6) is 0 Å². The van der Waals surface area contributed by atoms with E-state index in [0.717, 1.165) is 36.3 Å². The number of rotatable bonds is 7. The largest absolute Gasteiger partial charge is 0.349 e. The number of pyridine rings is 2. The van der Waals surface area contributed by atoms with E-state index >= 15 is 0 Å². The summed E-state index contributed by atoms with van der Waals surface area (Å²) in [4.78, 5) is 30.2. The van der Waals surface area contributed by atoms with Gasteiger partial charge in [-0.1, -0.05) is 36.4 Å². The third kappa shape index (κ3) is 4.62. The highest BCUT2D eigenvalue weighted by Gasteiger charge is 2.27. The first-order chi connectivity index (χ1) is 14.1. The SMILES string of the molecule is Cc1cc(=O)c(C(=O)NC2CC2)c(CCc2ccccc2)n1Cc1ccccn1. The highest BCUT2D eigenvalue weighted by Crippen LogP contribution is 2.20. The maximum absolute atomic E-state index is 12.9. The molecule has 0 bridgehead atoms. The van der Waals surface area contributed by atoms with Crippen molar-refractivity contribution in [3.63, 3.8) is 0 Å². The summed E-state index contributed by atoms with van der Waals surface area (Å²) in [6.45, 7) is 2.44. The van der Waals surface area contributed by atoms with Gasteiger partial charge in [0.2, 0.25) is 0 Å². The number of hydrogen-bond acceptors (Lipinski definition) is 3. The molecule has 29 heavy (non-hydrogen) atoms. The van der Waals surface area contributed by atoms with Crippen LogP contribution in [-0.4, -0.2) is 21.5 Å². The lowest BCUT2D eigenvalue weighted by atomic mass is 10.0. The fraction of sp³-hybridized carbons (Fsp3) is 0.292. The number of aromatic nitrogens is 2. The maximum atomic E-state index is 12.9. The van der Waals surface area contributed by atoms with Gasteiger partial charge in [0, 0.05) is 29.7 Å². The third-order valence-electron chi connectivity index (χ3n) is 5.31. The average Bonchev–Trinajstić information content (AvgIpc) is 3.54. The van der Waals surface area contributed by atoms with Crippen molar-refractivity contribution in [2.24, 2.45) is 0 Å². The van der Waals surface area contributed by atoms with Crippen LogP contribution < -0.4 is 10.7 Å². The summed E-state index contributed by atoms with van der Waals surface area (Å²) in [6.07, 6.45) is 5.10. The molecule has 1 fully saturated rings. The van der Waals surface area contributed by atoms with Crippen LogP contribution in [0.25, 0.3) is 0 Å². The minimum absolute atomic E-state index is 0.203. The van der Waals surface area contributed by atoms with Crippen molar-refractivity contribution in [1.82, 2.24) is 14.9 Å². The summed E-state index contributed by atoms with van der Waals surface area (Å²) in [6, 6.07) is 17.7. The molecule has 3 aromatic rings. The zero-order chi connectivity index (χ0) is 20.2. The second-order valence-electron chi connectivity index (χ2n) is 7.61. The highest BCUT2D eigenvalue weighted by atomic mass is 16.2. The quantitative estimate of drug-likeness (QED) is 0.677. The van der Waals surface area contributed by atoms with Crippen LogP contribution >= 0.6 is 0 Å². The molecule has 0 atom stereocenters. The van der Waals surface area contributed by atoms with Gasteiger partial charge in [-0.25, -0.2) is 0 Å². The smallest absolute Gasteiger partial charge is 0.257 e. The van der Waals surface area contributed by atoms with E-state index < -0.39 is 0 Å². The molecule has 2 heterocycles. The minimum atomic E-state index is -0.254. The van der Waals surface area contributed by atoms with E-state index in [0.29, 0.717) is 13.0 Å². The van der Waals surface area contributed by atoms with Gasteiger partial charge >= 0.3 is 0 Å². The van der Waals surface area contributed by atoms with Gasteiger partial charge in [0.15, 0.2) is 5.43 Å². The number of amides is 1. The van der Waals surface area contributed by atoms with Crippen LogP contribution in [0, 0.1) is 6.92 Å². The molecule has 5 nitrogen and oxygen atoms in total. The van der Waals surface area contributed by atoms with Gasteiger partial charge in [-0.3, -0.25) is 14.6 Å². The molecule has 0 unspecified atom stereocenters. The molecule has 2 aromatic heterocycles. The lowest BCUT2D eigenvalue weighted by Crippen LogP contribution is -2.34. The molecule has 0 spiro atoms. The van der Waals surface area contributed by atoms with Crippen molar-refractivity contribution in [3.05, 3.63) is 99.2 Å². The second kappa shape index (κ2) is 8.43. The summed E-state index contributed by atoms with van der Waals surface area (Å²) < 4.78 is 2.06. The van der Waals surface area contributed by atoms with Crippen molar-refractivity contribution in [1.29, 1.82) is 0 Å². The standard InChI is InChI=1S/C24H25N3O2/c1-17-15-22(28)23(24(29)26-19-11-12-19)21(13-10-18-7-3-2-4-8-18)27(17)16-20-9-5-6-14-25-20/h2-9,14-15,19H,10-13,16H2,1H3,(H,26,29). The molecule has 1 saturated carbocycles. The van der Waals surface area contributed by atoms with Crippen LogP contribution in [0.3, 0.4) is 0 Å². The van der Waals surface area contributed by atoms with Crippen LogP contribution in [0.15, 0.2) is 65.6 Å². The van der Waals surface area contributed by atoms with Crippen LogP contribution in [0.2, 0.25) is 0 Å². The Kier molecular flexibility index (Phi) is 5.56. The summed E-state index contributed by atoms with van der Waals surface area (Å²) in [5.74, 6) is -0.254. The topological polar surface area (TPSA) is 64.0 Å². The first kappa shape index (κ1) is 19.1. The van der Waals surface area contributed by atoms with E-state index in [2.05, 4.69) is 27.0 Å². The number of benzene rings is 1. The molecule has 1 aromatic carbocycles. The van der Waals surface area contributed by atoms with Gasteiger partial charge < -0.3 is 9.88 Å². The van der Waals surface area contributed by atoms with Gasteiger partial charge in [-0.15, -0.1) is 0 Å². The molecular weight excluding hydrogens is 362 g/mol. The Morgan fingerprint density at radius 3 is 2.55 bits per heavy atom. The Balaban J connectivity index is 1.75. The van der Waals surface area contributed by atoms with E-state index in [1.807, 2.05) is 43.3 Å². The average molecular weight is 387 g/mol. The molecule has 0 radical (unpaired) electrons. The van der Waals surface area contributed by atoms with Crippen molar-refractivity contribution in [2.75, 3.05) is 0 Å². The molecule has 1 aliphatic rings. The van der Waals surface area contributed by atoms with Gasteiger partial charge in [-0.2, -0.15) is 0 Å². The number of aryl methyl sites for hydroxylation is 2. The number of carbonyl (C=O) groups is 1. The molecule has 1 amide bonds. The van der Waals surface area contributed by atoms with Crippen molar-refractivity contribution in [2.45, 2.75) is 45.2 Å². The van der Waals surface area contributed by atoms with Gasteiger partial charge in [0.05, 0.1) is 12.2 Å². The van der Waals surface area contributed by atoms with Crippen LogP contribution in [-0.2, 0) is 19.4 Å². The van der Waals surface area contributed by atoms with E-state index in [9.17, 15) is 9.59 Å². The number of carbonyl (C=O) groups excluding carboxylic acids is 1. The highest BCUT2D eigenvalue weighted by molar-refractivity contribution is 5.95. The Morgan fingerprint density at radius 1 is 1.10 bits per heavy atom. The summed E-state index contributed by atoms with van der Waals surface area (Å²) >= 11 is 0. The predicted molar refractivity (Wildman–Crippen MR) is 113 cm³/mol. The zero-order valence-electron chi connectivity index (χ0n) is 16.6. The fourth-order valence-corrected chi connectivity index (χ4v) is 3.60. The van der Waals surface area contributed by atoms with Crippen molar-refractivity contribution < 1.29 is 4.79 Å². The zero-order valence-corrected chi connectivity index (χ0v) is 16.6. The fourth-order valence-electron chi connectivity index (χ4n) is 3.60. The lowest BCUT2D eigenvalue weighted by molar-refractivity contribution is 0.0948. The first-order valence-electron chi connectivity index (χ1n) is 10.1. The van der Waals surface area contributed by atoms with Gasteiger partial charge in [0.1, 0.15) is 5.56 Å². The molecule has 1 aliphatic carbocycles. The Bertz CT molecular complexity index is 1050. The molecule has 1 N–H and O–H groups in total. The van der Waals surface area contributed by atoms with Gasteiger partial charge in [0.25, 0.3) is 5.91 Å². The minimum Gasteiger partial charge on any atom is -0.349 e. The maximum Gasteiger partial charge on any atom is 0.257 e. The van der Waals surface area contributed by atoms with E-state index in [1.54, 1.807) is 12.3 Å². The van der Waals surface area contributed by atoms with E-state index in [1.165, 1.54) is 5.56 Å². The molecule has 0 saturated heterocycles. The monoisotopic (exact) mass is 387 g/mol. The number of nitrogens with zero attached hydrogens (tertiary/aromatic N) is 2. The second-order valence-corrected chi connectivity index (χ2v) is 7.61. The van der Waals surface area contributed by atoms with Crippen LogP contribution in [0.4, 0.5) is 0 Å². The normalized spacial score (nSPS) is 13.3. The molecule has 148 valence electrons. The molecular formula is C24H25N3O2. The predicted octanol–water partition coefficient (Wildman–Crippen LogP) is 3.28. The third-order valence-corrected chi connectivity index (χ3v) is 5.31. The summed E-state index contributed by atoms with van der Waals surface area (Å²) in [5.41, 5.74) is 3.76. The Morgan fingerprint density at radius 2 is 1.86 bits per heavy atom. The Hall–Kier alpha value is -3.21. The van der Waals surface area contributed by atoms with Crippen molar-refractivity contribution in [3.8, 4) is 0 Å². The van der Waals surface area contributed by atoms with Crippen molar-refractivity contribution >= 4 is 5.91 Å². The van der Waals surface area contributed by atoms with Crippen LogP contribution in [0.1, 0.15) is 45.8 Å². The summed E-state index contributed by atoms with van der Waals surface area (Å²) in [7, 11) is 0. The number of nitrogens with one attached hydrogen (secondary N) is 1. The van der Waals surface area contributed by atoms with E-state index in [4.69, 9.17) is 0 Å². The van der Waals surface area contributed by atoms with E-state index in [-0.39, 0.29) is 22.9 Å². The number of hydrogen-bond donors (Lipinski definition) is 1. The lowest BCUT2D eigenvalue weighted by Gasteiger charge is -2.20. The Labute approximate surface area is 170 Å². The molecule has 0 aliphatic heterocycles. The summed E-state index contributed by atoms with van der Waals surface area (Å²) in [5, 5.41) is 2.99. The van der Waals surface area contributed by atoms with Gasteiger partial charge in [-0.05, 0) is 50.3 Å². The molecule has 4 rings (SSSR count). The molecule has 5 heteroatoms. The first-order valence-corrected chi connectivity index (χ1v) is 10.1.